The van der Waals surface area contributed by atoms with E-state index >= 15 is 0 Å². The Labute approximate surface area is 184 Å². The van der Waals surface area contributed by atoms with Crippen LogP contribution >= 0.6 is 11.8 Å². The summed E-state index contributed by atoms with van der Waals surface area (Å²) in [6, 6.07) is 13.4. The fraction of sp³-hybridized carbons (Fsp3) is 0.273. The maximum atomic E-state index is 12.7. The van der Waals surface area contributed by atoms with E-state index in [2.05, 4.69) is 15.6 Å². The molecule has 1 atom stereocenters. The molecule has 0 unspecified atom stereocenters. The number of ether oxygens (including phenoxy) is 2. The molecule has 9 heteroatoms. The summed E-state index contributed by atoms with van der Waals surface area (Å²) in [6.45, 7) is 3.55. The van der Waals surface area contributed by atoms with Gasteiger partial charge in [-0.05, 0) is 62.4 Å². The lowest BCUT2D eigenvalue weighted by atomic mass is 10.2. The van der Waals surface area contributed by atoms with Gasteiger partial charge in [-0.25, -0.2) is 9.79 Å². The average molecular weight is 442 g/mol. The lowest BCUT2D eigenvalue weighted by Crippen LogP contribution is -2.41. The number of nitrogens with zero attached hydrogens (tertiary/aromatic N) is 1. The van der Waals surface area contributed by atoms with Gasteiger partial charge in [0.05, 0.1) is 24.5 Å². The molecule has 2 N–H and O–H groups in total. The molecule has 3 rings (SSSR count). The highest BCUT2D eigenvalue weighted by Gasteiger charge is 2.30. The Bertz CT molecular complexity index is 987. The van der Waals surface area contributed by atoms with E-state index in [1.165, 1.54) is 11.8 Å². The van der Waals surface area contributed by atoms with Crippen LogP contribution in [-0.4, -0.2) is 41.4 Å². The van der Waals surface area contributed by atoms with Gasteiger partial charge < -0.3 is 20.1 Å². The number of amides is 2. The fourth-order valence-corrected chi connectivity index (χ4v) is 3.71. The number of rotatable bonds is 6. The Morgan fingerprint density at radius 1 is 1.13 bits per heavy atom. The third-order valence-corrected chi connectivity index (χ3v) is 5.28. The first-order chi connectivity index (χ1) is 14.8. The van der Waals surface area contributed by atoms with E-state index in [9.17, 15) is 14.4 Å². The predicted octanol–water partition coefficient (Wildman–Crippen LogP) is 3.51. The number of anilines is 1. The summed E-state index contributed by atoms with van der Waals surface area (Å²) >= 11 is 1.18. The van der Waals surface area contributed by atoms with Gasteiger partial charge in [0.25, 0.3) is 0 Å². The summed E-state index contributed by atoms with van der Waals surface area (Å²) in [7, 11) is 1.58. The molecule has 0 radical (unpaired) electrons. The highest BCUT2D eigenvalue weighted by molar-refractivity contribution is 8.15. The van der Waals surface area contributed by atoms with Gasteiger partial charge in [0, 0.05) is 12.1 Å². The molecule has 1 heterocycles. The molecule has 2 aromatic carbocycles. The average Bonchev–Trinajstić information content (AvgIpc) is 2.74. The van der Waals surface area contributed by atoms with E-state index in [1.807, 2.05) is 0 Å². The summed E-state index contributed by atoms with van der Waals surface area (Å²) in [5, 5.41) is 5.19. The molecule has 0 aromatic heterocycles. The third kappa shape index (κ3) is 6.32. The van der Waals surface area contributed by atoms with Crippen LogP contribution in [-0.2, 0) is 14.3 Å². The second kappa shape index (κ2) is 10.1. The van der Waals surface area contributed by atoms with Crippen LogP contribution in [0.3, 0.4) is 0 Å². The Morgan fingerprint density at radius 2 is 1.81 bits per heavy atom. The van der Waals surface area contributed by atoms with Crippen molar-refractivity contribution in [1.29, 1.82) is 0 Å². The number of esters is 1. The maximum Gasteiger partial charge on any atom is 0.338 e. The van der Waals surface area contributed by atoms with Gasteiger partial charge in [-0.1, -0.05) is 11.8 Å². The zero-order valence-corrected chi connectivity index (χ0v) is 18.2. The van der Waals surface area contributed by atoms with Gasteiger partial charge in [-0.3, -0.25) is 9.59 Å². The van der Waals surface area contributed by atoms with Crippen molar-refractivity contribution in [2.24, 2.45) is 4.99 Å². The van der Waals surface area contributed by atoms with E-state index in [-0.39, 0.29) is 24.3 Å². The lowest BCUT2D eigenvalue weighted by Gasteiger charge is -2.22. The molecule has 31 heavy (non-hydrogen) atoms. The van der Waals surface area contributed by atoms with Gasteiger partial charge in [-0.15, -0.1) is 0 Å². The number of nitrogens with one attached hydrogen (secondary N) is 2. The number of hydrogen-bond acceptors (Lipinski definition) is 7. The van der Waals surface area contributed by atoms with Crippen LogP contribution in [0, 0.1) is 0 Å². The largest absolute Gasteiger partial charge is 0.497 e. The molecule has 2 amide bonds. The fourth-order valence-electron chi connectivity index (χ4n) is 2.71. The summed E-state index contributed by atoms with van der Waals surface area (Å²) in [4.78, 5) is 41.1. The number of amidine groups is 1. The van der Waals surface area contributed by atoms with Crippen molar-refractivity contribution in [1.82, 2.24) is 5.32 Å². The van der Waals surface area contributed by atoms with Crippen LogP contribution in [0.1, 0.15) is 30.6 Å². The van der Waals surface area contributed by atoms with E-state index in [0.717, 1.165) is 0 Å². The quantitative estimate of drug-likeness (QED) is 0.665. The first-order valence-corrected chi connectivity index (χ1v) is 10.5. The SMILES string of the molecule is COc1ccc(N=C2NC(=O)C[C@H](C(=O)Nc3ccc(C(=O)OC(C)C)cc3)S2)cc1. The molecule has 0 bridgehead atoms. The maximum absolute atomic E-state index is 12.7. The summed E-state index contributed by atoms with van der Waals surface area (Å²) in [6.07, 6.45) is -0.174. The van der Waals surface area contributed by atoms with Gasteiger partial charge in [0.15, 0.2) is 5.17 Å². The van der Waals surface area contributed by atoms with Crippen LogP contribution in [0.5, 0.6) is 5.75 Å². The van der Waals surface area contributed by atoms with Crippen molar-refractivity contribution in [3.63, 3.8) is 0 Å². The summed E-state index contributed by atoms with van der Waals surface area (Å²) in [5.41, 5.74) is 1.55. The lowest BCUT2D eigenvalue weighted by molar-refractivity contribution is -0.123. The van der Waals surface area contributed by atoms with Crippen LogP contribution in [0.2, 0.25) is 0 Å². The summed E-state index contributed by atoms with van der Waals surface area (Å²) < 4.78 is 10.3. The van der Waals surface area contributed by atoms with Crippen molar-refractivity contribution in [2.45, 2.75) is 31.6 Å². The van der Waals surface area contributed by atoms with Crippen LogP contribution in [0.25, 0.3) is 0 Å². The molecule has 8 nitrogen and oxygen atoms in total. The molecule has 1 aliphatic rings. The molecule has 2 aromatic rings. The number of carbonyl (C=O) groups excluding carboxylic acids is 3. The van der Waals surface area contributed by atoms with E-state index in [1.54, 1.807) is 69.5 Å². The van der Waals surface area contributed by atoms with Gasteiger partial charge >= 0.3 is 5.97 Å². The Hall–Kier alpha value is -3.33. The zero-order valence-electron chi connectivity index (χ0n) is 17.4. The minimum atomic E-state index is -0.628. The van der Waals surface area contributed by atoms with Gasteiger partial charge in [0.2, 0.25) is 11.8 Å². The Kier molecular flexibility index (Phi) is 7.30. The van der Waals surface area contributed by atoms with Gasteiger partial charge in [-0.2, -0.15) is 0 Å². The second-order valence-electron chi connectivity index (χ2n) is 6.99. The first-order valence-electron chi connectivity index (χ1n) is 9.65. The summed E-state index contributed by atoms with van der Waals surface area (Å²) in [5.74, 6) is -0.325. The Morgan fingerprint density at radius 3 is 2.42 bits per heavy atom. The van der Waals surface area contributed by atoms with Crippen molar-refractivity contribution in [3.8, 4) is 5.75 Å². The number of methoxy groups -OCH3 is 1. The van der Waals surface area contributed by atoms with Crippen LogP contribution in [0.15, 0.2) is 53.5 Å². The molecule has 0 aliphatic carbocycles. The van der Waals surface area contributed by atoms with Crippen molar-refractivity contribution in [3.05, 3.63) is 54.1 Å². The molecular weight excluding hydrogens is 418 g/mol. The Balaban J connectivity index is 1.64. The molecular formula is C22H23N3O5S. The third-order valence-electron chi connectivity index (χ3n) is 4.20. The predicted molar refractivity (Wildman–Crippen MR) is 120 cm³/mol. The first kappa shape index (κ1) is 22.4. The number of thioether (sulfide) groups is 1. The van der Waals surface area contributed by atoms with E-state index < -0.39 is 11.2 Å². The highest BCUT2D eigenvalue weighted by Crippen LogP contribution is 2.26. The molecule has 1 fully saturated rings. The minimum Gasteiger partial charge on any atom is -0.497 e. The number of aliphatic imine (C=N–C) groups is 1. The molecule has 0 spiro atoms. The van der Waals surface area contributed by atoms with E-state index in [0.29, 0.717) is 27.9 Å². The molecule has 162 valence electrons. The monoisotopic (exact) mass is 441 g/mol. The molecule has 1 aliphatic heterocycles. The minimum absolute atomic E-state index is 0.0386. The zero-order chi connectivity index (χ0) is 22.4. The molecule has 0 saturated carbocycles. The second-order valence-corrected chi connectivity index (χ2v) is 8.19. The van der Waals surface area contributed by atoms with Crippen LogP contribution in [0.4, 0.5) is 11.4 Å². The van der Waals surface area contributed by atoms with Gasteiger partial charge in [0.1, 0.15) is 11.0 Å². The van der Waals surface area contributed by atoms with Crippen LogP contribution < -0.4 is 15.4 Å². The van der Waals surface area contributed by atoms with Crippen molar-refractivity contribution < 1.29 is 23.9 Å². The topological polar surface area (TPSA) is 106 Å². The number of benzene rings is 2. The molecule has 1 saturated heterocycles. The highest BCUT2D eigenvalue weighted by atomic mass is 32.2. The number of hydrogen-bond donors (Lipinski definition) is 2. The normalized spacial score (nSPS) is 17.2. The smallest absolute Gasteiger partial charge is 0.338 e. The van der Waals surface area contributed by atoms with Crippen molar-refractivity contribution in [2.75, 3.05) is 12.4 Å². The van der Waals surface area contributed by atoms with E-state index in [4.69, 9.17) is 9.47 Å². The van der Waals surface area contributed by atoms with Crippen molar-refractivity contribution >= 4 is 46.1 Å². The standard InChI is InChI=1S/C22H23N3O5S/c1-13(2)30-21(28)14-4-6-15(7-5-14)23-20(27)18-12-19(26)25-22(31-18)24-16-8-10-17(29-3)11-9-16/h4-11,13,18H,12H2,1-3H3,(H,23,27)(H,24,25,26)/t18-/m1/s1. The number of carbonyl (C=O) groups is 3.